The van der Waals surface area contributed by atoms with Crippen molar-refractivity contribution in [3.63, 3.8) is 0 Å². The molecule has 1 aromatic rings. The molecule has 0 spiro atoms. The van der Waals surface area contributed by atoms with Gasteiger partial charge in [0.1, 0.15) is 6.04 Å². The fourth-order valence-corrected chi connectivity index (χ4v) is 2.55. The van der Waals surface area contributed by atoms with Crippen molar-refractivity contribution in [1.29, 1.82) is 0 Å². The predicted octanol–water partition coefficient (Wildman–Crippen LogP) is 1.58. The maximum Gasteiger partial charge on any atom is 0.329 e. The van der Waals surface area contributed by atoms with Crippen molar-refractivity contribution in [2.75, 3.05) is 23.9 Å². The SMILES string of the molecule is CSCC[C@H](NC(N)=O)C(=O)OCC(=O)Nc1c(C)cccc1C. The van der Waals surface area contributed by atoms with E-state index in [1.807, 2.05) is 38.3 Å². The van der Waals surface area contributed by atoms with E-state index >= 15 is 0 Å². The topological polar surface area (TPSA) is 111 Å². The number of ether oxygens (including phenoxy) is 1. The van der Waals surface area contributed by atoms with Crippen LogP contribution in [-0.2, 0) is 14.3 Å². The molecule has 1 aromatic carbocycles. The molecule has 0 aliphatic rings. The van der Waals surface area contributed by atoms with Crippen LogP contribution in [0.2, 0.25) is 0 Å². The average molecular weight is 353 g/mol. The van der Waals surface area contributed by atoms with E-state index in [-0.39, 0.29) is 0 Å². The lowest BCUT2D eigenvalue weighted by Gasteiger charge is -2.16. The van der Waals surface area contributed by atoms with Crippen molar-refractivity contribution in [2.45, 2.75) is 26.3 Å². The highest BCUT2D eigenvalue weighted by molar-refractivity contribution is 7.98. The second-order valence-corrected chi connectivity index (χ2v) is 6.25. The van der Waals surface area contributed by atoms with E-state index in [0.717, 1.165) is 11.1 Å². The number of primary amides is 1. The zero-order valence-corrected chi connectivity index (χ0v) is 14.9. The number of nitrogens with two attached hydrogens (primary N) is 1. The summed E-state index contributed by atoms with van der Waals surface area (Å²) in [6.07, 6.45) is 2.26. The van der Waals surface area contributed by atoms with Crippen LogP contribution < -0.4 is 16.4 Å². The summed E-state index contributed by atoms with van der Waals surface area (Å²) < 4.78 is 4.99. The van der Waals surface area contributed by atoms with Gasteiger partial charge in [-0.15, -0.1) is 0 Å². The molecule has 132 valence electrons. The van der Waals surface area contributed by atoms with Gasteiger partial charge in [-0.3, -0.25) is 4.79 Å². The number of hydrogen-bond acceptors (Lipinski definition) is 5. The molecular formula is C16H23N3O4S. The van der Waals surface area contributed by atoms with Gasteiger partial charge in [-0.2, -0.15) is 11.8 Å². The second-order valence-electron chi connectivity index (χ2n) is 5.27. The van der Waals surface area contributed by atoms with Gasteiger partial charge in [-0.05, 0) is 43.4 Å². The van der Waals surface area contributed by atoms with E-state index in [1.165, 1.54) is 11.8 Å². The van der Waals surface area contributed by atoms with E-state index in [1.54, 1.807) is 0 Å². The first-order chi connectivity index (χ1) is 11.3. The van der Waals surface area contributed by atoms with Crippen molar-refractivity contribution < 1.29 is 19.1 Å². The number of para-hydroxylation sites is 1. The Bertz CT molecular complexity index is 587. The van der Waals surface area contributed by atoms with Crippen LogP contribution in [0.25, 0.3) is 0 Å². The van der Waals surface area contributed by atoms with Gasteiger partial charge in [0.15, 0.2) is 6.61 Å². The zero-order chi connectivity index (χ0) is 18.1. The quantitative estimate of drug-likeness (QED) is 0.615. The Morgan fingerprint density at radius 3 is 2.42 bits per heavy atom. The summed E-state index contributed by atoms with van der Waals surface area (Å²) in [4.78, 5) is 34.9. The molecule has 0 aromatic heterocycles. The zero-order valence-electron chi connectivity index (χ0n) is 14.0. The Balaban J connectivity index is 2.57. The van der Waals surface area contributed by atoms with E-state index in [9.17, 15) is 14.4 Å². The molecule has 1 rings (SSSR count). The standard InChI is InChI=1S/C16H23N3O4S/c1-10-5-4-6-11(2)14(10)19-13(20)9-23-15(21)12(7-8-24-3)18-16(17)22/h4-6,12H,7-9H2,1-3H3,(H,19,20)(H3,17,18,22)/t12-/m0/s1. The molecule has 0 saturated heterocycles. The number of hydrogen-bond donors (Lipinski definition) is 3. The molecule has 0 saturated carbocycles. The van der Waals surface area contributed by atoms with Crippen molar-refractivity contribution >= 4 is 35.4 Å². The molecule has 0 bridgehead atoms. The van der Waals surface area contributed by atoms with Gasteiger partial charge < -0.3 is 21.1 Å². The Morgan fingerprint density at radius 2 is 1.88 bits per heavy atom. The maximum atomic E-state index is 12.0. The van der Waals surface area contributed by atoms with Crippen LogP contribution in [0.5, 0.6) is 0 Å². The number of benzene rings is 1. The maximum absolute atomic E-state index is 12.0. The number of esters is 1. The number of thioether (sulfide) groups is 1. The van der Waals surface area contributed by atoms with Crippen molar-refractivity contribution in [3.05, 3.63) is 29.3 Å². The first-order valence-corrected chi connectivity index (χ1v) is 8.82. The second kappa shape index (κ2) is 9.82. The van der Waals surface area contributed by atoms with E-state index in [4.69, 9.17) is 10.5 Å². The number of carbonyl (C=O) groups is 3. The highest BCUT2D eigenvalue weighted by atomic mass is 32.2. The number of anilines is 1. The number of amides is 3. The molecule has 0 aliphatic carbocycles. The molecule has 0 fully saturated rings. The molecule has 0 unspecified atom stereocenters. The summed E-state index contributed by atoms with van der Waals surface area (Å²) in [5, 5.41) is 5.05. The Morgan fingerprint density at radius 1 is 1.25 bits per heavy atom. The molecule has 3 amide bonds. The van der Waals surface area contributed by atoms with E-state index in [2.05, 4.69) is 10.6 Å². The van der Waals surface area contributed by atoms with Crippen LogP contribution in [0.3, 0.4) is 0 Å². The Kier molecular flexibility index (Phi) is 8.11. The van der Waals surface area contributed by atoms with Gasteiger partial charge in [0.25, 0.3) is 5.91 Å². The fourth-order valence-electron chi connectivity index (χ4n) is 2.08. The minimum absolute atomic E-state index is 0.376. The summed E-state index contributed by atoms with van der Waals surface area (Å²) in [6.45, 7) is 3.33. The highest BCUT2D eigenvalue weighted by Crippen LogP contribution is 2.19. The average Bonchev–Trinajstić information content (AvgIpc) is 2.52. The fraction of sp³-hybridized carbons (Fsp3) is 0.438. The van der Waals surface area contributed by atoms with Gasteiger partial charge in [0, 0.05) is 5.69 Å². The monoisotopic (exact) mass is 353 g/mol. The molecule has 0 heterocycles. The molecule has 0 aliphatic heterocycles. The van der Waals surface area contributed by atoms with Gasteiger partial charge in [-0.1, -0.05) is 18.2 Å². The summed E-state index contributed by atoms with van der Waals surface area (Å²) in [5.41, 5.74) is 7.59. The first-order valence-electron chi connectivity index (χ1n) is 7.42. The minimum atomic E-state index is -0.858. The minimum Gasteiger partial charge on any atom is -0.454 e. The lowest BCUT2D eigenvalue weighted by atomic mass is 10.1. The van der Waals surface area contributed by atoms with Gasteiger partial charge in [0.2, 0.25) is 0 Å². The number of urea groups is 1. The summed E-state index contributed by atoms with van der Waals surface area (Å²) in [6, 6.07) is 3.99. The number of nitrogens with one attached hydrogen (secondary N) is 2. The Labute approximate surface area is 145 Å². The highest BCUT2D eigenvalue weighted by Gasteiger charge is 2.22. The molecule has 7 nitrogen and oxygen atoms in total. The largest absolute Gasteiger partial charge is 0.454 e. The predicted molar refractivity (Wildman–Crippen MR) is 95.0 cm³/mol. The lowest BCUT2D eigenvalue weighted by molar-refractivity contribution is -0.149. The van der Waals surface area contributed by atoms with Crippen LogP contribution in [0, 0.1) is 13.8 Å². The normalized spacial score (nSPS) is 11.5. The summed E-state index contributed by atoms with van der Waals surface area (Å²) in [5.74, 6) is -0.475. The molecule has 8 heteroatoms. The van der Waals surface area contributed by atoms with Gasteiger partial charge in [0.05, 0.1) is 0 Å². The third-order valence-electron chi connectivity index (χ3n) is 3.30. The number of carbonyl (C=O) groups excluding carboxylic acids is 3. The molecule has 24 heavy (non-hydrogen) atoms. The number of aryl methyl sites for hydroxylation is 2. The lowest BCUT2D eigenvalue weighted by Crippen LogP contribution is -2.45. The summed E-state index contributed by atoms with van der Waals surface area (Å²) >= 11 is 1.52. The third-order valence-corrected chi connectivity index (χ3v) is 3.95. The first kappa shape index (κ1) is 19.8. The van der Waals surface area contributed by atoms with Crippen LogP contribution in [0.1, 0.15) is 17.5 Å². The van der Waals surface area contributed by atoms with Crippen molar-refractivity contribution in [3.8, 4) is 0 Å². The third kappa shape index (κ3) is 6.49. The van der Waals surface area contributed by atoms with Crippen molar-refractivity contribution in [1.82, 2.24) is 5.32 Å². The molecule has 0 radical (unpaired) electrons. The molecular weight excluding hydrogens is 330 g/mol. The molecule has 1 atom stereocenters. The molecule has 4 N–H and O–H groups in total. The van der Waals surface area contributed by atoms with E-state index < -0.39 is 30.6 Å². The van der Waals surface area contributed by atoms with Crippen molar-refractivity contribution in [2.24, 2.45) is 5.73 Å². The smallest absolute Gasteiger partial charge is 0.329 e. The van der Waals surface area contributed by atoms with Gasteiger partial charge in [-0.25, -0.2) is 9.59 Å². The van der Waals surface area contributed by atoms with Crippen LogP contribution in [0.4, 0.5) is 10.5 Å². The summed E-state index contributed by atoms with van der Waals surface area (Å²) in [7, 11) is 0. The van der Waals surface area contributed by atoms with E-state index in [0.29, 0.717) is 17.9 Å². The van der Waals surface area contributed by atoms with Crippen LogP contribution in [0.15, 0.2) is 18.2 Å². The van der Waals surface area contributed by atoms with Crippen LogP contribution >= 0.6 is 11.8 Å². The Hall–Kier alpha value is -2.22. The van der Waals surface area contributed by atoms with Gasteiger partial charge >= 0.3 is 12.0 Å². The van der Waals surface area contributed by atoms with Crippen LogP contribution in [-0.4, -0.2) is 42.6 Å². The number of rotatable bonds is 8.